The summed E-state index contributed by atoms with van der Waals surface area (Å²) in [4.78, 5) is 18.1. The summed E-state index contributed by atoms with van der Waals surface area (Å²) in [6.45, 7) is 4.04. The van der Waals surface area contributed by atoms with Crippen molar-refractivity contribution in [3.05, 3.63) is 63.0 Å². The molecule has 4 heteroatoms. The van der Waals surface area contributed by atoms with Crippen LogP contribution in [0.5, 0.6) is 0 Å². The average Bonchev–Trinajstić information content (AvgIpc) is 2.90. The van der Waals surface area contributed by atoms with Crippen LogP contribution in [-0.2, 0) is 11.2 Å². The SMILES string of the molecule is COC(=O)c1sc(Cc2ccc(C)c3cccnc23)cc1C. The molecule has 0 fully saturated rings. The maximum Gasteiger partial charge on any atom is 0.348 e. The van der Waals surface area contributed by atoms with Gasteiger partial charge in [0.2, 0.25) is 0 Å². The van der Waals surface area contributed by atoms with E-state index in [1.807, 2.05) is 19.2 Å². The van der Waals surface area contributed by atoms with E-state index in [4.69, 9.17) is 4.74 Å². The number of pyridine rings is 1. The molecule has 0 saturated heterocycles. The summed E-state index contributed by atoms with van der Waals surface area (Å²) in [7, 11) is 1.42. The van der Waals surface area contributed by atoms with Gasteiger partial charge in [0, 0.05) is 22.9 Å². The van der Waals surface area contributed by atoms with Crippen molar-refractivity contribution >= 4 is 28.2 Å². The molecule has 0 unspecified atom stereocenters. The van der Waals surface area contributed by atoms with E-state index >= 15 is 0 Å². The molecule has 0 aliphatic carbocycles. The van der Waals surface area contributed by atoms with Crippen molar-refractivity contribution in [2.75, 3.05) is 7.11 Å². The molecule has 0 amide bonds. The molecule has 0 atom stereocenters. The number of nitrogens with zero attached hydrogens (tertiary/aromatic N) is 1. The van der Waals surface area contributed by atoms with Gasteiger partial charge < -0.3 is 4.74 Å². The van der Waals surface area contributed by atoms with Crippen molar-refractivity contribution in [2.24, 2.45) is 0 Å². The first kappa shape index (κ1) is 14.7. The Morgan fingerprint density at radius 3 is 2.82 bits per heavy atom. The van der Waals surface area contributed by atoms with Crippen LogP contribution in [0.4, 0.5) is 0 Å². The van der Waals surface area contributed by atoms with Gasteiger partial charge in [-0.15, -0.1) is 11.3 Å². The molecule has 112 valence electrons. The first-order valence-electron chi connectivity index (χ1n) is 7.11. The first-order valence-corrected chi connectivity index (χ1v) is 7.92. The fraction of sp³-hybridized carbons (Fsp3) is 0.222. The number of esters is 1. The molecule has 3 nitrogen and oxygen atoms in total. The van der Waals surface area contributed by atoms with Crippen LogP contribution in [0.15, 0.2) is 36.5 Å². The molecule has 0 aliphatic rings. The molecular weight excluding hydrogens is 294 g/mol. The fourth-order valence-corrected chi connectivity index (χ4v) is 3.75. The standard InChI is InChI=1S/C18H17NO2S/c1-11-6-7-13(16-15(11)5-4-8-19-16)10-14-9-12(2)17(22-14)18(20)21-3/h4-9H,10H2,1-3H3. The lowest BCUT2D eigenvalue weighted by molar-refractivity contribution is 0.0605. The molecule has 3 aromatic rings. The Labute approximate surface area is 133 Å². The normalized spacial score (nSPS) is 10.9. The monoisotopic (exact) mass is 311 g/mol. The van der Waals surface area contributed by atoms with Crippen molar-refractivity contribution in [1.29, 1.82) is 0 Å². The van der Waals surface area contributed by atoms with E-state index in [-0.39, 0.29) is 5.97 Å². The number of carbonyl (C=O) groups is 1. The summed E-state index contributed by atoms with van der Waals surface area (Å²) in [5.74, 6) is -0.263. The second-order valence-corrected chi connectivity index (χ2v) is 6.47. The summed E-state index contributed by atoms with van der Waals surface area (Å²) in [5.41, 5.74) is 4.41. The minimum absolute atomic E-state index is 0.263. The number of hydrogen-bond donors (Lipinski definition) is 0. The zero-order chi connectivity index (χ0) is 15.7. The molecule has 0 bridgehead atoms. The van der Waals surface area contributed by atoms with E-state index in [1.54, 1.807) is 0 Å². The van der Waals surface area contributed by atoms with Gasteiger partial charge >= 0.3 is 5.97 Å². The van der Waals surface area contributed by atoms with Gasteiger partial charge in [0.1, 0.15) is 4.88 Å². The third-order valence-corrected chi connectivity index (χ3v) is 4.99. The molecule has 0 saturated carbocycles. The van der Waals surface area contributed by atoms with Crippen molar-refractivity contribution in [2.45, 2.75) is 20.3 Å². The second kappa shape index (κ2) is 5.89. The van der Waals surface area contributed by atoms with E-state index in [1.165, 1.54) is 35.0 Å². The summed E-state index contributed by atoms with van der Waals surface area (Å²) < 4.78 is 4.83. The highest BCUT2D eigenvalue weighted by atomic mass is 32.1. The highest BCUT2D eigenvalue weighted by Crippen LogP contribution is 2.28. The van der Waals surface area contributed by atoms with Gasteiger partial charge in [-0.1, -0.05) is 18.2 Å². The van der Waals surface area contributed by atoms with Crippen LogP contribution in [0.3, 0.4) is 0 Å². The molecule has 2 heterocycles. The van der Waals surface area contributed by atoms with Gasteiger partial charge in [-0.25, -0.2) is 4.79 Å². The van der Waals surface area contributed by atoms with Gasteiger partial charge in [-0.05, 0) is 42.7 Å². The quantitative estimate of drug-likeness (QED) is 0.677. The number of aryl methyl sites for hydroxylation is 2. The molecule has 0 aliphatic heterocycles. The minimum atomic E-state index is -0.263. The molecule has 22 heavy (non-hydrogen) atoms. The van der Waals surface area contributed by atoms with Crippen LogP contribution in [-0.4, -0.2) is 18.1 Å². The van der Waals surface area contributed by atoms with Crippen molar-refractivity contribution < 1.29 is 9.53 Å². The molecule has 0 radical (unpaired) electrons. The Kier molecular flexibility index (Phi) is 3.94. The van der Waals surface area contributed by atoms with E-state index in [0.717, 1.165) is 22.4 Å². The van der Waals surface area contributed by atoms with Crippen LogP contribution >= 0.6 is 11.3 Å². The smallest absolute Gasteiger partial charge is 0.348 e. The van der Waals surface area contributed by atoms with Crippen molar-refractivity contribution in [1.82, 2.24) is 4.98 Å². The number of rotatable bonds is 3. The van der Waals surface area contributed by atoms with E-state index in [9.17, 15) is 4.79 Å². The zero-order valence-electron chi connectivity index (χ0n) is 12.8. The predicted molar refractivity (Wildman–Crippen MR) is 89.7 cm³/mol. The predicted octanol–water partition coefficient (Wildman–Crippen LogP) is 4.29. The first-order chi connectivity index (χ1) is 10.6. The van der Waals surface area contributed by atoms with E-state index in [2.05, 4.69) is 36.2 Å². The molecule has 0 spiro atoms. The molecule has 3 rings (SSSR count). The van der Waals surface area contributed by atoms with Gasteiger partial charge in [0.05, 0.1) is 12.6 Å². The molecule has 2 aromatic heterocycles. The number of methoxy groups -OCH3 is 1. The van der Waals surface area contributed by atoms with Gasteiger partial charge in [-0.2, -0.15) is 0 Å². The average molecular weight is 311 g/mol. The number of aromatic nitrogens is 1. The van der Waals surface area contributed by atoms with E-state index in [0.29, 0.717) is 4.88 Å². The Morgan fingerprint density at radius 2 is 2.05 bits per heavy atom. The highest BCUT2D eigenvalue weighted by molar-refractivity contribution is 7.14. The lowest BCUT2D eigenvalue weighted by Crippen LogP contribution is -1.99. The molecule has 0 N–H and O–H groups in total. The van der Waals surface area contributed by atoms with Gasteiger partial charge in [-0.3, -0.25) is 4.98 Å². The number of carbonyl (C=O) groups excluding carboxylic acids is 1. The number of fused-ring (bicyclic) bond motifs is 1. The topological polar surface area (TPSA) is 39.2 Å². The maximum absolute atomic E-state index is 11.7. The Bertz CT molecular complexity index is 851. The maximum atomic E-state index is 11.7. The summed E-state index contributed by atoms with van der Waals surface area (Å²) in [6.07, 6.45) is 2.60. The number of thiophene rings is 1. The van der Waals surface area contributed by atoms with E-state index < -0.39 is 0 Å². The van der Waals surface area contributed by atoms with Crippen LogP contribution in [0, 0.1) is 13.8 Å². The Balaban J connectivity index is 2.01. The Morgan fingerprint density at radius 1 is 1.23 bits per heavy atom. The highest BCUT2D eigenvalue weighted by Gasteiger charge is 2.15. The zero-order valence-corrected chi connectivity index (χ0v) is 13.7. The van der Waals surface area contributed by atoms with Crippen molar-refractivity contribution in [3.8, 4) is 0 Å². The summed E-state index contributed by atoms with van der Waals surface area (Å²) in [6, 6.07) is 10.4. The summed E-state index contributed by atoms with van der Waals surface area (Å²) >= 11 is 1.50. The van der Waals surface area contributed by atoms with Crippen LogP contribution in [0.2, 0.25) is 0 Å². The largest absolute Gasteiger partial charge is 0.465 e. The van der Waals surface area contributed by atoms with Crippen LogP contribution in [0.25, 0.3) is 10.9 Å². The lowest BCUT2D eigenvalue weighted by atomic mass is 10.0. The third-order valence-electron chi connectivity index (χ3n) is 3.78. The minimum Gasteiger partial charge on any atom is -0.465 e. The number of benzene rings is 1. The van der Waals surface area contributed by atoms with Gasteiger partial charge in [0.25, 0.3) is 0 Å². The molecular formula is C18H17NO2S. The molecule has 1 aromatic carbocycles. The fourth-order valence-electron chi connectivity index (χ4n) is 2.63. The van der Waals surface area contributed by atoms with Crippen LogP contribution in [0.1, 0.15) is 31.2 Å². The lowest BCUT2D eigenvalue weighted by Gasteiger charge is -2.07. The number of hydrogen-bond acceptors (Lipinski definition) is 4. The number of ether oxygens (including phenoxy) is 1. The second-order valence-electron chi connectivity index (χ2n) is 5.33. The van der Waals surface area contributed by atoms with Crippen molar-refractivity contribution in [3.63, 3.8) is 0 Å². The van der Waals surface area contributed by atoms with Gasteiger partial charge in [0.15, 0.2) is 0 Å². The van der Waals surface area contributed by atoms with Crippen LogP contribution < -0.4 is 0 Å². The summed E-state index contributed by atoms with van der Waals surface area (Å²) in [5, 5.41) is 1.18. The Hall–Kier alpha value is -2.20. The third kappa shape index (κ3) is 2.62.